The number of hydrogen-bond acceptors (Lipinski definition) is 3. The molecule has 1 aliphatic rings. The van der Waals surface area contributed by atoms with Crippen LogP contribution in [0.5, 0.6) is 0 Å². The van der Waals surface area contributed by atoms with Gasteiger partial charge in [0, 0.05) is 13.1 Å². The first kappa shape index (κ1) is 9.94. The van der Waals surface area contributed by atoms with Crippen molar-refractivity contribution in [2.24, 2.45) is 0 Å². The van der Waals surface area contributed by atoms with Gasteiger partial charge >= 0.3 is 0 Å². The molecule has 1 saturated heterocycles. The summed E-state index contributed by atoms with van der Waals surface area (Å²) >= 11 is 0. The molecule has 15 heavy (non-hydrogen) atoms. The van der Waals surface area contributed by atoms with Crippen LogP contribution in [0.3, 0.4) is 0 Å². The zero-order chi connectivity index (χ0) is 10.7. The van der Waals surface area contributed by atoms with E-state index in [-0.39, 0.29) is 5.82 Å². The molecule has 0 bridgehead atoms. The molecule has 1 heterocycles. The summed E-state index contributed by atoms with van der Waals surface area (Å²) in [5, 5.41) is 8.61. The Morgan fingerprint density at radius 1 is 1.33 bits per heavy atom. The van der Waals surface area contributed by atoms with Crippen LogP contribution in [0.15, 0.2) is 18.2 Å². The van der Waals surface area contributed by atoms with Crippen LogP contribution in [0.25, 0.3) is 0 Å². The van der Waals surface area contributed by atoms with Crippen molar-refractivity contribution in [2.45, 2.75) is 0 Å². The minimum Gasteiger partial charge on any atom is -0.378 e. The predicted molar refractivity (Wildman–Crippen MR) is 54.1 cm³/mol. The van der Waals surface area contributed by atoms with Crippen LogP contribution < -0.4 is 4.90 Å². The van der Waals surface area contributed by atoms with E-state index in [9.17, 15) is 4.39 Å². The zero-order valence-electron chi connectivity index (χ0n) is 8.24. The quantitative estimate of drug-likeness (QED) is 0.699. The molecule has 0 saturated carbocycles. The van der Waals surface area contributed by atoms with Gasteiger partial charge in [0.05, 0.1) is 30.5 Å². The molecule has 1 aromatic rings. The van der Waals surface area contributed by atoms with Crippen LogP contribution in [-0.2, 0) is 4.74 Å². The van der Waals surface area contributed by atoms with Crippen LogP contribution in [0.2, 0.25) is 0 Å². The molecule has 1 aliphatic heterocycles. The fraction of sp³-hybridized carbons (Fsp3) is 0.364. The Balaban J connectivity index is 2.24. The van der Waals surface area contributed by atoms with Gasteiger partial charge in [-0.25, -0.2) is 4.39 Å². The third-order valence-corrected chi connectivity index (χ3v) is 2.43. The van der Waals surface area contributed by atoms with E-state index in [1.807, 2.05) is 11.0 Å². The number of ether oxygens (including phenoxy) is 1. The maximum Gasteiger partial charge on any atom is 0.147 e. The van der Waals surface area contributed by atoms with Crippen LogP contribution in [0, 0.1) is 17.1 Å². The second kappa shape index (κ2) is 4.28. The van der Waals surface area contributed by atoms with E-state index >= 15 is 0 Å². The summed E-state index contributed by atoms with van der Waals surface area (Å²) in [6.45, 7) is 2.64. The van der Waals surface area contributed by atoms with Gasteiger partial charge in [-0.05, 0) is 18.2 Å². The van der Waals surface area contributed by atoms with Crippen molar-refractivity contribution in [3.8, 4) is 6.07 Å². The average molecular weight is 206 g/mol. The lowest BCUT2D eigenvalue weighted by Gasteiger charge is -2.29. The van der Waals surface area contributed by atoms with Crippen molar-refractivity contribution in [1.29, 1.82) is 5.26 Å². The molecule has 1 aromatic carbocycles. The van der Waals surface area contributed by atoms with Crippen LogP contribution in [-0.4, -0.2) is 26.3 Å². The summed E-state index contributed by atoms with van der Waals surface area (Å²) in [6, 6.07) is 6.47. The number of rotatable bonds is 1. The summed E-state index contributed by atoms with van der Waals surface area (Å²) in [5.41, 5.74) is 0.904. The summed E-state index contributed by atoms with van der Waals surface area (Å²) < 4.78 is 18.8. The SMILES string of the molecule is N#Cc1ccc(N2CCOCC2)c(F)c1. The molecule has 0 aromatic heterocycles. The molecule has 3 nitrogen and oxygen atoms in total. The molecule has 0 aliphatic carbocycles. The fourth-order valence-corrected chi connectivity index (χ4v) is 1.64. The first-order valence-corrected chi connectivity index (χ1v) is 4.83. The monoisotopic (exact) mass is 206 g/mol. The van der Waals surface area contributed by atoms with Gasteiger partial charge in [-0.3, -0.25) is 0 Å². The van der Waals surface area contributed by atoms with Crippen molar-refractivity contribution in [3.05, 3.63) is 29.6 Å². The fourth-order valence-electron chi connectivity index (χ4n) is 1.64. The second-order valence-corrected chi connectivity index (χ2v) is 3.38. The summed E-state index contributed by atoms with van der Waals surface area (Å²) in [4.78, 5) is 1.93. The summed E-state index contributed by atoms with van der Waals surface area (Å²) in [5.74, 6) is -0.337. The van der Waals surface area contributed by atoms with Gasteiger partial charge < -0.3 is 9.64 Å². The first-order chi connectivity index (χ1) is 7.31. The van der Waals surface area contributed by atoms with Crippen molar-refractivity contribution < 1.29 is 9.13 Å². The molecular weight excluding hydrogens is 195 g/mol. The topological polar surface area (TPSA) is 36.3 Å². The van der Waals surface area contributed by atoms with E-state index in [0.717, 1.165) is 0 Å². The Morgan fingerprint density at radius 3 is 2.67 bits per heavy atom. The number of morpholine rings is 1. The highest BCUT2D eigenvalue weighted by molar-refractivity contribution is 5.51. The second-order valence-electron chi connectivity index (χ2n) is 3.38. The van der Waals surface area contributed by atoms with E-state index in [1.165, 1.54) is 6.07 Å². The summed E-state index contributed by atoms with van der Waals surface area (Å²) in [7, 11) is 0. The number of anilines is 1. The molecule has 0 N–H and O–H groups in total. The molecule has 0 spiro atoms. The van der Waals surface area contributed by atoms with Gasteiger partial charge in [0.2, 0.25) is 0 Å². The van der Waals surface area contributed by atoms with E-state index in [0.29, 0.717) is 37.6 Å². The molecule has 0 amide bonds. The normalized spacial score (nSPS) is 16.1. The molecule has 0 unspecified atom stereocenters. The Bertz CT molecular complexity index is 394. The summed E-state index contributed by atoms with van der Waals surface area (Å²) in [6.07, 6.45) is 0. The van der Waals surface area contributed by atoms with Crippen molar-refractivity contribution in [3.63, 3.8) is 0 Å². The standard InChI is InChI=1S/C11H11FN2O/c12-10-7-9(8-13)1-2-11(10)14-3-5-15-6-4-14/h1-2,7H,3-6H2. The van der Waals surface area contributed by atoms with E-state index in [2.05, 4.69) is 0 Å². The lowest BCUT2D eigenvalue weighted by atomic mass is 10.2. The van der Waals surface area contributed by atoms with E-state index < -0.39 is 0 Å². The molecule has 1 fully saturated rings. The largest absolute Gasteiger partial charge is 0.378 e. The maximum atomic E-state index is 13.6. The molecule has 2 rings (SSSR count). The highest BCUT2D eigenvalue weighted by Crippen LogP contribution is 2.21. The predicted octanol–water partition coefficient (Wildman–Crippen LogP) is 1.53. The number of halogens is 1. The number of nitriles is 1. The van der Waals surface area contributed by atoms with Gasteiger partial charge in [-0.1, -0.05) is 0 Å². The molecule has 78 valence electrons. The van der Waals surface area contributed by atoms with Gasteiger partial charge in [0.25, 0.3) is 0 Å². The Kier molecular flexibility index (Phi) is 2.84. The lowest BCUT2D eigenvalue weighted by molar-refractivity contribution is 0.122. The van der Waals surface area contributed by atoms with E-state index in [4.69, 9.17) is 10.00 Å². The van der Waals surface area contributed by atoms with Gasteiger partial charge in [0.15, 0.2) is 0 Å². The van der Waals surface area contributed by atoms with Crippen molar-refractivity contribution in [2.75, 3.05) is 31.2 Å². The third kappa shape index (κ3) is 2.08. The Hall–Kier alpha value is -1.60. The lowest BCUT2D eigenvalue weighted by Crippen LogP contribution is -2.36. The number of benzene rings is 1. The minimum atomic E-state index is -0.337. The Morgan fingerprint density at radius 2 is 2.07 bits per heavy atom. The Labute approximate surface area is 87.7 Å². The average Bonchev–Trinajstić information content (AvgIpc) is 2.30. The highest BCUT2D eigenvalue weighted by Gasteiger charge is 2.14. The molecular formula is C11H11FN2O. The molecule has 0 atom stereocenters. The smallest absolute Gasteiger partial charge is 0.147 e. The van der Waals surface area contributed by atoms with Crippen molar-refractivity contribution >= 4 is 5.69 Å². The highest BCUT2D eigenvalue weighted by atomic mass is 19.1. The van der Waals surface area contributed by atoms with Gasteiger partial charge in [-0.15, -0.1) is 0 Å². The van der Waals surface area contributed by atoms with Gasteiger partial charge in [0.1, 0.15) is 5.82 Å². The number of hydrogen-bond donors (Lipinski definition) is 0. The minimum absolute atomic E-state index is 0.337. The first-order valence-electron chi connectivity index (χ1n) is 4.83. The van der Waals surface area contributed by atoms with Crippen molar-refractivity contribution in [1.82, 2.24) is 0 Å². The maximum absolute atomic E-state index is 13.6. The molecule has 0 radical (unpaired) electrons. The third-order valence-electron chi connectivity index (χ3n) is 2.43. The van der Waals surface area contributed by atoms with Crippen LogP contribution in [0.1, 0.15) is 5.56 Å². The zero-order valence-corrected chi connectivity index (χ0v) is 8.24. The van der Waals surface area contributed by atoms with Crippen LogP contribution in [0.4, 0.5) is 10.1 Å². The van der Waals surface area contributed by atoms with Gasteiger partial charge in [-0.2, -0.15) is 5.26 Å². The van der Waals surface area contributed by atoms with E-state index in [1.54, 1.807) is 12.1 Å². The molecule has 4 heteroatoms. The van der Waals surface area contributed by atoms with Crippen LogP contribution >= 0.6 is 0 Å². The number of nitrogens with zero attached hydrogens (tertiary/aromatic N) is 2.